The Labute approximate surface area is 248 Å². The molecule has 5 nitrogen and oxygen atoms in total. The van der Waals surface area contributed by atoms with Crippen LogP contribution in [-0.2, 0) is 34.0 Å². The van der Waals surface area contributed by atoms with Crippen LogP contribution in [0.1, 0.15) is 50.4 Å². The van der Waals surface area contributed by atoms with Gasteiger partial charge in [-0.2, -0.15) is 0 Å². The first-order chi connectivity index (χ1) is 17.5. The summed E-state index contributed by atoms with van der Waals surface area (Å²) in [5.41, 5.74) is 7.76. The van der Waals surface area contributed by atoms with E-state index in [4.69, 9.17) is 45.0 Å². The van der Waals surface area contributed by atoms with Crippen LogP contribution in [0, 0.1) is 0 Å². The van der Waals surface area contributed by atoms with Crippen molar-refractivity contribution >= 4 is 64.7 Å². The van der Waals surface area contributed by atoms with Crippen molar-refractivity contribution in [3.05, 3.63) is 95.7 Å². The van der Waals surface area contributed by atoms with Crippen molar-refractivity contribution in [3.8, 4) is 0 Å². The summed E-state index contributed by atoms with van der Waals surface area (Å²) in [7, 11) is 0. The van der Waals surface area contributed by atoms with Gasteiger partial charge in [0, 0.05) is 30.7 Å². The molecule has 0 fully saturated rings. The molecule has 1 radical (unpaired) electrons. The van der Waals surface area contributed by atoms with Crippen molar-refractivity contribution in [1.29, 1.82) is 0 Å². The van der Waals surface area contributed by atoms with E-state index in [-0.39, 0.29) is 36.1 Å². The smallest absolute Gasteiger partial charge is 0.241 e. The minimum Gasteiger partial charge on any atom is -0.445 e. The largest absolute Gasteiger partial charge is 0.445 e. The fourth-order valence-corrected chi connectivity index (χ4v) is 2.38. The number of carbonyl (C=O) groups excluding carboxylic acids is 2. The first-order valence-corrected chi connectivity index (χ1v) is 13.0. The Bertz CT molecular complexity index is 990. The number of halogens is 3. The predicted molar refractivity (Wildman–Crippen MR) is 155 cm³/mol. The Morgan fingerprint density at radius 2 is 1.27 bits per heavy atom. The van der Waals surface area contributed by atoms with E-state index in [0.717, 1.165) is 16.8 Å². The van der Waals surface area contributed by atoms with Gasteiger partial charge in [-0.15, -0.1) is 34.8 Å². The van der Waals surface area contributed by atoms with Crippen molar-refractivity contribution in [3.63, 3.8) is 0 Å². The van der Waals surface area contributed by atoms with Crippen LogP contribution in [0.25, 0.3) is 18.2 Å². The molecule has 0 unspecified atom stereocenters. The zero-order chi connectivity index (χ0) is 27.6. The Morgan fingerprint density at radius 1 is 0.811 bits per heavy atom. The van der Waals surface area contributed by atoms with E-state index in [1.165, 1.54) is 6.08 Å². The first kappa shape index (κ1) is 39.2. The third kappa shape index (κ3) is 22.6. The average molecular weight is 605 g/mol. The van der Waals surface area contributed by atoms with Gasteiger partial charge in [0.2, 0.25) is 11.8 Å². The maximum absolute atomic E-state index is 10.3. The van der Waals surface area contributed by atoms with Crippen molar-refractivity contribution < 1.29 is 32.6 Å². The van der Waals surface area contributed by atoms with Gasteiger partial charge >= 0.3 is 0 Å². The Kier molecular flexibility index (Phi) is 30.0. The topological polar surface area (TPSA) is 86.2 Å². The van der Waals surface area contributed by atoms with Gasteiger partial charge in [0.1, 0.15) is 6.26 Å². The number of aromatic nitrogens is 1. The molecular formula is C28H35Cl3N2O3V. The molecule has 0 aliphatic heterocycles. The molecule has 2 aromatic carbocycles. The zero-order valence-electron chi connectivity index (χ0n) is 21.6. The molecule has 1 heterocycles. The summed E-state index contributed by atoms with van der Waals surface area (Å²) in [6.45, 7) is 8.00. The van der Waals surface area contributed by atoms with Crippen LogP contribution in [0.4, 0.5) is 0 Å². The molecule has 3 aromatic rings. The molecule has 9 heteroatoms. The minimum absolute atomic E-state index is 0. The number of Topliss-reactive ketones (excluding diaryl/α,β-unsaturated/α-hetero) is 1. The third-order valence-electron chi connectivity index (χ3n) is 3.46. The summed E-state index contributed by atoms with van der Waals surface area (Å²) < 4.78 is 5.19. The zero-order valence-corrected chi connectivity index (χ0v) is 25.3. The number of ketones is 1. The second-order valence-electron chi connectivity index (χ2n) is 6.01. The predicted octanol–water partition coefficient (Wildman–Crippen LogP) is 7.85. The number of primary amides is 1. The summed E-state index contributed by atoms with van der Waals surface area (Å²) >= 11 is 15.6. The molecule has 201 valence electrons. The Hall–Kier alpha value is -2.28. The maximum atomic E-state index is 10.3. The molecule has 0 aliphatic rings. The monoisotopic (exact) mass is 603 g/mol. The van der Waals surface area contributed by atoms with Gasteiger partial charge in [-0.1, -0.05) is 88.4 Å². The van der Waals surface area contributed by atoms with Crippen LogP contribution in [0.5, 0.6) is 0 Å². The van der Waals surface area contributed by atoms with E-state index in [1.807, 2.05) is 101 Å². The van der Waals surface area contributed by atoms with Crippen molar-refractivity contribution in [2.75, 3.05) is 11.8 Å². The van der Waals surface area contributed by atoms with E-state index >= 15 is 0 Å². The average Bonchev–Trinajstić information content (AvgIpc) is 3.42. The van der Waals surface area contributed by atoms with E-state index in [9.17, 15) is 9.59 Å². The number of carbonyl (C=O) groups is 2. The summed E-state index contributed by atoms with van der Waals surface area (Å²) in [6, 6.07) is 19.5. The number of hydrogen-bond acceptors (Lipinski definition) is 4. The number of benzene rings is 2. The number of rotatable bonds is 7. The van der Waals surface area contributed by atoms with Gasteiger partial charge < -0.3 is 10.2 Å². The summed E-state index contributed by atoms with van der Waals surface area (Å²) in [5, 5.41) is 0. The number of amides is 1. The Morgan fingerprint density at radius 3 is 1.62 bits per heavy atom. The summed E-state index contributed by atoms with van der Waals surface area (Å²) in [4.78, 5) is 24.4. The fourth-order valence-electron chi connectivity index (χ4n) is 1.97. The SMILES string of the molecule is CC.CC.ClCc1coc(C=Cc2ccccc2)n1.NC(=O)C=Cc1ccccc1.O=C(CCl)CCl.[V]. The van der Waals surface area contributed by atoms with Gasteiger partial charge in [0.15, 0.2) is 5.78 Å². The second kappa shape index (κ2) is 28.3. The molecule has 1 amide bonds. The number of nitrogens with zero attached hydrogens (tertiary/aromatic N) is 1. The minimum atomic E-state index is -0.422. The van der Waals surface area contributed by atoms with E-state index in [0.29, 0.717) is 11.8 Å². The summed E-state index contributed by atoms with van der Waals surface area (Å²) in [5.74, 6) is 0.469. The molecule has 37 heavy (non-hydrogen) atoms. The van der Waals surface area contributed by atoms with Gasteiger partial charge in [0.25, 0.3) is 0 Å². The quantitative estimate of drug-likeness (QED) is 0.220. The van der Waals surface area contributed by atoms with Gasteiger partial charge in [-0.25, -0.2) is 4.98 Å². The molecule has 3 rings (SSSR count). The molecule has 0 aliphatic carbocycles. The van der Waals surface area contributed by atoms with Crippen LogP contribution >= 0.6 is 34.8 Å². The standard InChI is InChI=1S/C12H10ClNO.C9H9NO.C3H4Cl2O.2C2H6.V/c13-8-11-9-15-12(14-11)7-6-10-4-2-1-3-5-10;10-9(11)7-6-8-4-2-1-3-5-8;4-1-3(6)2-5;2*1-2;/h1-7,9H,8H2;1-7H,(H2,10,11);1-2H2;2*1-2H3;. The normalized spacial score (nSPS) is 9.16. The van der Waals surface area contributed by atoms with Crippen molar-refractivity contribution in [2.24, 2.45) is 5.73 Å². The first-order valence-electron chi connectivity index (χ1n) is 11.4. The molecule has 0 atom stereocenters. The van der Waals surface area contributed by atoms with E-state index in [2.05, 4.69) is 4.98 Å². The molecule has 1 aromatic heterocycles. The van der Waals surface area contributed by atoms with Crippen LogP contribution < -0.4 is 5.73 Å². The van der Waals surface area contributed by atoms with Gasteiger partial charge in [-0.3, -0.25) is 9.59 Å². The van der Waals surface area contributed by atoms with Crippen LogP contribution in [0.15, 0.2) is 77.4 Å². The number of hydrogen-bond donors (Lipinski definition) is 1. The summed E-state index contributed by atoms with van der Waals surface area (Å²) in [6.07, 6.45) is 8.37. The molecule has 2 N–H and O–H groups in total. The van der Waals surface area contributed by atoms with Crippen LogP contribution in [-0.4, -0.2) is 28.4 Å². The van der Waals surface area contributed by atoms with Crippen molar-refractivity contribution in [2.45, 2.75) is 33.6 Å². The maximum Gasteiger partial charge on any atom is 0.241 e. The Balaban J connectivity index is -0.000000465. The third-order valence-corrected chi connectivity index (χ3v) is 4.33. The van der Waals surface area contributed by atoms with Crippen LogP contribution in [0.3, 0.4) is 0 Å². The molecule has 0 spiro atoms. The molecular weight excluding hydrogens is 570 g/mol. The number of oxazole rings is 1. The second-order valence-corrected chi connectivity index (χ2v) is 6.81. The molecule has 0 bridgehead atoms. The van der Waals surface area contributed by atoms with Crippen molar-refractivity contribution in [1.82, 2.24) is 4.98 Å². The van der Waals surface area contributed by atoms with E-state index in [1.54, 1.807) is 12.3 Å². The fraction of sp³-hybridized carbons (Fsp3) is 0.250. The number of alkyl halides is 3. The van der Waals surface area contributed by atoms with Gasteiger partial charge in [0.05, 0.1) is 23.3 Å². The van der Waals surface area contributed by atoms with E-state index < -0.39 is 5.91 Å². The molecule has 0 saturated heterocycles. The van der Waals surface area contributed by atoms with Crippen LogP contribution in [0.2, 0.25) is 0 Å². The molecule has 0 saturated carbocycles. The number of nitrogens with two attached hydrogens (primary N) is 1. The van der Waals surface area contributed by atoms with Gasteiger partial charge in [-0.05, 0) is 23.3 Å².